The van der Waals surface area contributed by atoms with Gasteiger partial charge in [0, 0.05) is 10.4 Å². The fourth-order valence-corrected chi connectivity index (χ4v) is 5.22. The number of carbonyl (C=O) groups is 1. The molecule has 6 heteroatoms. The van der Waals surface area contributed by atoms with Gasteiger partial charge in [0.1, 0.15) is 22.6 Å². The molecule has 4 rings (SSSR count). The lowest BCUT2D eigenvalue weighted by molar-refractivity contribution is 0.0697. The number of furan rings is 1. The first kappa shape index (κ1) is 21.1. The topological polar surface area (TPSA) is 86.6 Å². The number of nitrogens with zero attached hydrogens (tertiary/aromatic N) is 2. The number of benzene rings is 1. The quantitative estimate of drug-likeness (QED) is 0.478. The SMILES string of the molecule is CC(C)(C)[C@H]1CCc2c(sc(N=Cc3ccc(-c4ccc(C(=O)O)cc4)o3)c2C#N)C1. The summed E-state index contributed by atoms with van der Waals surface area (Å²) in [6, 6.07) is 12.5. The van der Waals surface area contributed by atoms with Crippen molar-refractivity contribution >= 4 is 28.5 Å². The molecule has 3 aromatic rings. The molecule has 1 N–H and O–H groups in total. The van der Waals surface area contributed by atoms with Crippen molar-refractivity contribution in [3.63, 3.8) is 0 Å². The Morgan fingerprint density at radius 1 is 1.26 bits per heavy atom. The summed E-state index contributed by atoms with van der Waals surface area (Å²) in [5.41, 5.74) is 3.14. The second kappa shape index (κ2) is 8.16. The van der Waals surface area contributed by atoms with Crippen molar-refractivity contribution in [3.8, 4) is 17.4 Å². The van der Waals surface area contributed by atoms with Crippen molar-refractivity contribution in [1.82, 2.24) is 0 Å². The Kier molecular flexibility index (Phi) is 5.55. The third kappa shape index (κ3) is 4.33. The van der Waals surface area contributed by atoms with E-state index in [1.54, 1.807) is 41.8 Å². The van der Waals surface area contributed by atoms with Gasteiger partial charge in [-0.15, -0.1) is 11.3 Å². The Bertz CT molecular complexity index is 1190. The molecule has 158 valence electrons. The summed E-state index contributed by atoms with van der Waals surface area (Å²) >= 11 is 1.62. The highest BCUT2D eigenvalue weighted by molar-refractivity contribution is 7.16. The van der Waals surface area contributed by atoms with Crippen molar-refractivity contribution in [2.24, 2.45) is 16.3 Å². The third-order valence-electron chi connectivity index (χ3n) is 5.94. The molecule has 0 unspecified atom stereocenters. The van der Waals surface area contributed by atoms with E-state index in [9.17, 15) is 10.1 Å². The van der Waals surface area contributed by atoms with Crippen LogP contribution in [0.1, 0.15) is 59.3 Å². The lowest BCUT2D eigenvalue weighted by Gasteiger charge is -2.33. The summed E-state index contributed by atoms with van der Waals surface area (Å²) in [4.78, 5) is 16.9. The Morgan fingerprint density at radius 2 is 2.00 bits per heavy atom. The number of rotatable bonds is 4. The van der Waals surface area contributed by atoms with E-state index in [0.717, 1.165) is 29.8 Å². The summed E-state index contributed by atoms with van der Waals surface area (Å²) in [5.74, 6) is 0.874. The summed E-state index contributed by atoms with van der Waals surface area (Å²) in [5, 5.41) is 19.5. The van der Waals surface area contributed by atoms with E-state index < -0.39 is 5.97 Å². The van der Waals surface area contributed by atoms with Crippen LogP contribution in [0.25, 0.3) is 11.3 Å². The molecule has 0 radical (unpaired) electrons. The number of hydrogen-bond donors (Lipinski definition) is 1. The van der Waals surface area contributed by atoms with E-state index in [-0.39, 0.29) is 11.0 Å². The van der Waals surface area contributed by atoms with Gasteiger partial charge in [-0.1, -0.05) is 32.9 Å². The maximum absolute atomic E-state index is 11.0. The molecule has 0 amide bonds. The molecule has 1 atom stereocenters. The number of fused-ring (bicyclic) bond motifs is 1. The maximum Gasteiger partial charge on any atom is 0.335 e. The van der Waals surface area contributed by atoms with Gasteiger partial charge in [-0.2, -0.15) is 5.26 Å². The van der Waals surface area contributed by atoms with Crippen LogP contribution in [0.2, 0.25) is 0 Å². The smallest absolute Gasteiger partial charge is 0.335 e. The monoisotopic (exact) mass is 432 g/mol. The molecule has 1 aliphatic carbocycles. The fraction of sp³-hybridized carbons (Fsp3) is 0.320. The summed E-state index contributed by atoms with van der Waals surface area (Å²) in [6.45, 7) is 6.85. The van der Waals surface area contributed by atoms with Crippen molar-refractivity contribution in [2.75, 3.05) is 0 Å². The number of aliphatic imine (C=N–C) groups is 1. The highest BCUT2D eigenvalue weighted by Gasteiger charge is 2.32. The average Bonchev–Trinajstić information content (AvgIpc) is 3.35. The van der Waals surface area contributed by atoms with E-state index in [4.69, 9.17) is 9.52 Å². The van der Waals surface area contributed by atoms with Crippen molar-refractivity contribution in [3.05, 3.63) is 63.7 Å². The molecule has 0 fully saturated rings. The van der Waals surface area contributed by atoms with Crippen LogP contribution in [-0.4, -0.2) is 17.3 Å². The van der Waals surface area contributed by atoms with Gasteiger partial charge in [-0.25, -0.2) is 9.79 Å². The van der Waals surface area contributed by atoms with E-state index in [1.807, 2.05) is 12.1 Å². The summed E-state index contributed by atoms with van der Waals surface area (Å²) in [7, 11) is 0. The van der Waals surface area contributed by atoms with Gasteiger partial charge < -0.3 is 9.52 Å². The second-order valence-corrected chi connectivity index (χ2v) is 10.0. The molecule has 2 heterocycles. The number of hydrogen-bond acceptors (Lipinski definition) is 5. The predicted octanol–water partition coefficient (Wildman–Crippen LogP) is 6.48. The van der Waals surface area contributed by atoms with Crippen LogP contribution in [0.4, 0.5) is 5.00 Å². The van der Waals surface area contributed by atoms with Crippen LogP contribution in [0, 0.1) is 22.7 Å². The molecule has 0 bridgehead atoms. The lowest BCUT2D eigenvalue weighted by Crippen LogP contribution is -2.26. The molecular formula is C25H24N2O3S. The van der Waals surface area contributed by atoms with Crippen LogP contribution in [0.5, 0.6) is 0 Å². The largest absolute Gasteiger partial charge is 0.478 e. The van der Waals surface area contributed by atoms with Gasteiger partial charge in [-0.3, -0.25) is 0 Å². The molecule has 0 spiro atoms. The zero-order chi connectivity index (χ0) is 22.2. The predicted molar refractivity (Wildman–Crippen MR) is 122 cm³/mol. The van der Waals surface area contributed by atoms with Gasteiger partial charge in [0.25, 0.3) is 0 Å². The molecule has 0 saturated heterocycles. The molecule has 1 aromatic carbocycles. The molecule has 5 nitrogen and oxygen atoms in total. The Labute approximate surface area is 185 Å². The van der Waals surface area contributed by atoms with Gasteiger partial charge in [0.05, 0.1) is 17.3 Å². The number of aromatic carboxylic acids is 1. The molecule has 0 saturated carbocycles. The maximum atomic E-state index is 11.0. The van der Waals surface area contributed by atoms with Crippen LogP contribution >= 0.6 is 11.3 Å². The fourth-order valence-electron chi connectivity index (χ4n) is 3.99. The Balaban J connectivity index is 1.55. The van der Waals surface area contributed by atoms with Crippen molar-refractivity contribution in [1.29, 1.82) is 5.26 Å². The minimum absolute atomic E-state index is 0.233. The van der Waals surface area contributed by atoms with Crippen molar-refractivity contribution in [2.45, 2.75) is 40.0 Å². The standard InChI is InChI=1S/C25H24N2O3S/c1-25(2,3)17-8-10-19-20(13-26)23(31-22(19)12-17)27-14-18-9-11-21(30-18)15-4-6-16(7-5-15)24(28)29/h4-7,9,11,14,17H,8,10,12H2,1-3H3,(H,28,29)/t17-/m0/s1. The minimum atomic E-state index is -0.959. The van der Waals surface area contributed by atoms with E-state index >= 15 is 0 Å². The lowest BCUT2D eigenvalue weighted by atomic mass is 9.72. The van der Waals surface area contributed by atoms with Gasteiger partial charge in [-0.05, 0) is 60.4 Å². The highest BCUT2D eigenvalue weighted by atomic mass is 32.1. The third-order valence-corrected chi connectivity index (χ3v) is 7.10. The summed E-state index contributed by atoms with van der Waals surface area (Å²) in [6.07, 6.45) is 4.69. The first-order chi connectivity index (χ1) is 14.8. The molecule has 31 heavy (non-hydrogen) atoms. The molecular weight excluding hydrogens is 408 g/mol. The van der Waals surface area contributed by atoms with E-state index in [0.29, 0.717) is 23.0 Å². The zero-order valence-electron chi connectivity index (χ0n) is 17.8. The van der Waals surface area contributed by atoms with Gasteiger partial charge >= 0.3 is 5.97 Å². The average molecular weight is 433 g/mol. The molecule has 1 aliphatic rings. The van der Waals surface area contributed by atoms with Crippen LogP contribution in [-0.2, 0) is 12.8 Å². The van der Waals surface area contributed by atoms with E-state index in [1.165, 1.54) is 10.4 Å². The van der Waals surface area contributed by atoms with Gasteiger partial charge in [0.15, 0.2) is 0 Å². The number of carboxylic acids is 1. The van der Waals surface area contributed by atoms with E-state index in [2.05, 4.69) is 31.8 Å². The number of nitriles is 1. The minimum Gasteiger partial charge on any atom is -0.478 e. The Hall–Kier alpha value is -3.17. The normalized spacial score (nSPS) is 16.3. The summed E-state index contributed by atoms with van der Waals surface area (Å²) < 4.78 is 5.85. The van der Waals surface area contributed by atoms with Gasteiger partial charge in [0.2, 0.25) is 0 Å². The first-order valence-electron chi connectivity index (χ1n) is 10.3. The van der Waals surface area contributed by atoms with Crippen LogP contribution in [0.15, 0.2) is 45.8 Å². The van der Waals surface area contributed by atoms with Crippen LogP contribution < -0.4 is 0 Å². The highest BCUT2D eigenvalue weighted by Crippen LogP contribution is 2.44. The Morgan fingerprint density at radius 3 is 2.65 bits per heavy atom. The number of thiophene rings is 1. The zero-order valence-corrected chi connectivity index (χ0v) is 18.6. The molecule has 2 aromatic heterocycles. The first-order valence-corrected chi connectivity index (χ1v) is 11.1. The van der Waals surface area contributed by atoms with Crippen LogP contribution in [0.3, 0.4) is 0 Å². The second-order valence-electron chi connectivity index (χ2n) is 8.94. The van der Waals surface area contributed by atoms with Crippen molar-refractivity contribution < 1.29 is 14.3 Å². The number of carboxylic acid groups (broad SMARTS) is 1. The molecule has 0 aliphatic heterocycles.